The molecule has 0 radical (unpaired) electrons. The molecule has 0 saturated heterocycles. The molecule has 0 atom stereocenters. The van der Waals surface area contributed by atoms with E-state index in [0.717, 1.165) is 49.8 Å². The maximum Gasteiger partial charge on any atom is 0.164 e. The van der Waals surface area contributed by atoms with Crippen LogP contribution in [0.15, 0.2) is 192 Å². The Bertz CT molecular complexity index is 3170. The molecule has 11 aromatic rings. The van der Waals surface area contributed by atoms with Crippen LogP contribution in [0, 0.1) is 0 Å². The molecule has 8 aromatic carbocycles. The summed E-state index contributed by atoms with van der Waals surface area (Å²) in [6.45, 7) is 0. The van der Waals surface area contributed by atoms with Crippen molar-refractivity contribution in [1.29, 1.82) is 0 Å². The zero-order valence-corrected chi connectivity index (χ0v) is 30.9. The number of thiophene rings is 1. The highest BCUT2D eigenvalue weighted by atomic mass is 32.1. The summed E-state index contributed by atoms with van der Waals surface area (Å²) in [6, 6.07) is 65.7. The minimum atomic E-state index is 0.597. The number of hydrogen-bond acceptors (Lipinski definition) is 5. The van der Waals surface area contributed by atoms with Gasteiger partial charge in [0.2, 0.25) is 0 Å². The number of nitrogens with zero attached hydrogens (tertiary/aromatic N) is 3. The first-order valence-electron chi connectivity index (χ1n) is 18.7. The molecule has 5 heteroatoms. The molecule has 11 rings (SSSR count). The van der Waals surface area contributed by atoms with Crippen LogP contribution in [-0.4, -0.2) is 15.0 Å². The van der Waals surface area contributed by atoms with E-state index in [0.29, 0.717) is 17.5 Å². The highest BCUT2D eigenvalue weighted by Crippen LogP contribution is 2.47. The number of benzene rings is 8. The van der Waals surface area contributed by atoms with Crippen LogP contribution < -0.4 is 0 Å². The van der Waals surface area contributed by atoms with E-state index in [-0.39, 0.29) is 0 Å². The van der Waals surface area contributed by atoms with Gasteiger partial charge in [-0.3, -0.25) is 0 Å². The third-order valence-corrected chi connectivity index (χ3v) is 11.8. The Morgan fingerprint density at radius 1 is 0.357 bits per heavy atom. The van der Waals surface area contributed by atoms with Gasteiger partial charge in [0.1, 0.15) is 11.2 Å². The van der Waals surface area contributed by atoms with Gasteiger partial charge in [0.15, 0.2) is 17.5 Å². The van der Waals surface area contributed by atoms with Crippen LogP contribution in [0.3, 0.4) is 0 Å². The van der Waals surface area contributed by atoms with E-state index in [4.69, 9.17) is 19.4 Å². The molecule has 262 valence electrons. The van der Waals surface area contributed by atoms with Gasteiger partial charge in [-0.15, -0.1) is 11.3 Å². The second-order valence-corrected chi connectivity index (χ2v) is 15.0. The van der Waals surface area contributed by atoms with Crippen molar-refractivity contribution in [1.82, 2.24) is 15.0 Å². The molecular weight excluding hydrogens is 703 g/mol. The molecule has 0 bridgehead atoms. The summed E-state index contributed by atoms with van der Waals surface area (Å²) in [5.41, 5.74) is 11.5. The number of aromatic nitrogens is 3. The van der Waals surface area contributed by atoms with Gasteiger partial charge in [-0.1, -0.05) is 170 Å². The van der Waals surface area contributed by atoms with Crippen LogP contribution in [0.4, 0.5) is 0 Å². The first-order chi connectivity index (χ1) is 27.7. The van der Waals surface area contributed by atoms with Crippen molar-refractivity contribution >= 4 is 53.4 Å². The molecule has 0 amide bonds. The molecule has 0 aliphatic heterocycles. The minimum absolute atomic E-state index is 0.597. The van der Waals surface area contributed by atoms with Crippen molar-refractivity contribution in [3.05, 3.63) is 188 Å². The zero-order valence-electron chi connectivity index (χ0n) is 30.1. The fourth-order valence-corrected chi connectivity index (χ4v) is 9.10. The van der Waals surface area contributed by atoms with Gasteiger partial charge >= 0.3 is 0 Å². The molecule has 0 saturated carbocycles. The van der Waals surface area contributed by atoms with E-state index in [9.17, 15) is 0 Å². The van der Waals surface area contributed by atoms with Crippen LogP contribution in [0.2, 0.25) is 0 Å². The third kappa shape index (κ3) is 5.48. The van der Waals surface area contributed by atoms with Crippen LogP contribution >= 0.6 is 11.3 Å². The molecule has 0 fully saturated rings. The van der Waals surface area contributed by atoms with Gasteiger partial charge < -0.3 is 4.42 Å². The number of furan rings is 1. The fourth-order valence-electron chi connectivity index (χ4n) is 7.84. The molecule has 56 heavy (non-hydrogen) atoms. The Kier molecular flexibility index (Phi) is 7.64. The average molecular weight is 734 g/mol. The molecule has 4 nitrogen and oxygen atoms in total. The maximum absolute atomic E-state index is 6.86. The monoisotopic (exact) mass is 733 g/mol. The predicted octanol–water partition coefficient (Wildman–Crippen LogP) is 14.1. The largest absolute Gasteiger partial charge is 0.455 e. The van der Waals surface area contributed by atoms with Crippen LogP contribution in [0.1, 0.15) is 0 Å². The Balaban J connectivity index is 1.05. The smallest absolute Gasteiger partial charge is 0.164 e. The minimum Gasteiger partial charge on any atom is -0.455 e. The van der Waals surface area contributed by atoms with Crippen molar-refractivity contribution in [2.75, 3.05) is 0 Å². The van der Waals surface area contributed by atoms with Crippen molar-refractivity contribution in [3.8, 4) is 67.5 Å². The van der Waals surface area contributed by atoms with Gasteiger partial charge in [-0.2, -0.15) is 0 Å². The molecular formula is C51H31N3OS. The Hall–Kier alpha value is -7.21. The SMILES string of the molecule is c1ccc(-c2ccc(-c3ccc(-c4cccc5c4oc4cc(-c6nc(-c7ccccc7)nc(-c7ccccc7)n6)ccc45)c4sc5ccccc5c34)cc2)cc1. The summed E-state index contributed by atoms with van der Waals surface area (Å²) in [5, 5.41) is 4.66. The second-order valence-electron chi connectivity index (χ2n) is 13.9. The van der Waals surface area contributed by atoms with Crippen molar-refractivity contribution in [2.45, 2.75) is 0 Å². The number of hydrogen-bond donors (Lipinski definition) is 0. The quantitative estimate of drug-likeness (QED) is 0.171. The Morgan fingerprint density at radius 3 is 1.59 bits per heavy atom. The van der Waals surface area contributed by atoms with Crippen molar-refractivity contribution in [3.63, 3.8) is 0 Å². The number of rotatable bonds is 6. The van der Waals surface area contributed by atoms with Crippen LogP contribution in [0.5, 0.6) is 0 Å². The van der Waals surface area contributed by atoms with E-state index in [1.807, 2.05) is 72.0 Å². The number of fused-ring (bicyclic) bond motifs is 6. The van der Waals surface area contributed by atoms with Crippen molar-refractivity contribution in [2.24, 2.45) is 0 Å². The molecule has 0 unspecified atom stereocenters. The fraction of sp³-hybridized carbons (Fsp3) is 0. The molecule has 3 aromatic heterocycles. The van der Waals surface area contributed by atoms with E-state index >= 15 is 0 Å². The highest BCUT2D eigenvalue weighted by molar-refractivity contribution is 7.26. The Morgan fingerprint density at radius 2 is 0.893 bits per heavy atom. The lowest BCUT2D eigenvalue weighted by atomic mass is 9.93. The summed E-state index contributed by atoms with van der Waals surface area (Å²) in [6.07, 6.45) is 0. The van der Waals surface area contributed by atoms with E-state index < -0.39 is 0 Å². The highest BCUT2D eigenvalue weighted by Gasteiger charge is 2.20. The van der Waals surface area contributed by atoms with Crippen LogP contribution in [0.25, 0.3) is 110 Å². The summed E-state index contributed by atoms with van der Waals surface area (Å²) in [5.74, 6) is 1.86. The predicted molar refractivity (Wildman–Crippen MR) is 233 cm³/mol. The van der Waals surface area contributed by atoms with Gasteiger partial charge in [-0.25, -0.2) is 15.0 Å². The van der Waals surface area contributed by atoms with E-state index in [1.165, 1.54) is 42.4 Å². The zero-order chi connectivity index (χ0) is 37.0. The lowest BCUT2D eigenvalue weighted by molar-refractivity contribution is 0.670. The van der Waals surface area contributed by atoms with E-state index in [2.05, 4.69) is 127 Å². The van der Waals surface area contributed by atoms with Gasteiger partial charge in [0.05, 0.1) is 0 Å². The molecule has 3 heterocycles. The van der Waals surface area contributed by atoms with Gasteiger partial charge in [0.25, 0.3) is 0 Å². The molecule has 0 aliphatic carbocycles. The Labute approximate surface area is 327 Å². The standard InChI is InChI=1S/C51H31N3OS/c1-4-13-32(14-5-1)33-23-25-34(26-24-33)38-29-30-42(48-46(38)43-19-10-11-22-45(43)56-48)41-21-12-20-40-39-28-27-37(31-44(39)55-47(40)41)51-53-49(35-15-6-2-7-16-35)52-50(54-51)36-17-8-3-9-18-36/h1-31H. The average Bonchev–Trinajstić information content (AvgIpc) is 3.86. The second kappa shape index (κ2) is 13.3. The first-order valence-corrected chi connectivity index (χ1v) is 19.5. The molecule has 0 spiro atoms. The van der Waals surface area contributed by atoms with E-state index in [1.54, 1.807) is 0 Å². The topological polar surface area (TPSA) is 51.8 Å². The normalized spacial score (nSPS) is 11.6. The summed E-state index contributed by atoms with van der Waals surface area (Å²) in [4.78, 5) is 14.8. The summed E-state index contributed by atoms with van der Waals surface area (Å²) >= 11 is 1.84. The lowest BCUT2D eigenvalue weighted by Crippen LogP contribution is -2.00. The lowest BCUT2D eigenvalue weighted by Gasteiger charge is -2.11. The van der Waals surface area contributed by atoms with Crippen molar-refractivity contribution < 1.29 is 4.42 Å². The van der Waals surface area contributed by atoms with Gasteiger partial charge in [-0.05, 0) is 40.5 Å². The maximum atomic E-state index is 6.86. The molecule has 0 N–H and O–H groups in total. The number of para-hydroxylation sites is 1. The third-order valence-electron chi connectivity index (χ3n) is 10.6. The summed E-state index contributed by atoms with van der Waals surface area (Å²) < 4.78 is 9.37. The summed E-state index contributed by atoms with van der Waals surface area (Å²) in [7, 11) is 0. The first kappa shape index (κ1) is 32.2. The molecule has 0 aliphatic rings. The van der Waals surface area contributed by atoms with Gasteiger partial charge in [0, 0.05) is 58.8 Å². The van der Waals surface area contributed by atoms with Crippen LogP contribution in [-0.2, 0) is 0 Å².